The third kappa shape index (κ3) is 2.73. The van der Waals surface area contributed by atoms with Gasteiger partial charge >= 0.3 is 0 Å². The van der Waals surface area contributed by atoms with E-state index in [2.05, 4.69) is 20.6 Å². The van der Waals surface area contributed by atoms with Crippen LogP contribution in [0, 0.1) is 0 Å². The largest absolute Gasteiger partial charge is 0.397 e. The number of primary amides is 1. The van der Waals surface area contributed by atoms with Gasteiger partial charge in [0.15, 0.2) is 0 Å². The molecule has 0 fully saturated rings. The summed E-state index contributed by atoms with van der Waals surface area (Å²) in [5, 5.41) is 10.6. The molecule has 18 heavy (non-hydrogen) atoms. The number of amides is 1. The van der Waals surface area contributed by atoms with Crippen molar-refractivity contribution in [2.75, 3.05) is 17.6 Å². The number of nitrogens with one attached hydrogen (secondary N) is 1. The minimum absolute atomic E-state index is 0.258. The monoisotopic (exact) mass is 247 g/mol. The van der Waals surface area contributed by atoms with Gasteiger partial charge in [0.1, 0.15) is 5.82 Å². The molecule has 5 N–H and O–H groups in total. The van der Waals surface area contributed by atoms with Gasteiger partial charge in [-0.2, -0.15) is 0 Å². The first kappa shape index (κ1) is 11.8. The first-order chi connectivity index (χ1) is 8.66. The Labute approximate surface area is 103 Å². The highest BCUT2D eigenvalue weighted by Crippen LogP contribution is 2.13. The molecule has 2 aromatic rings. The number of nitrogens with zero attached hydrogens (tertiary/aromatic N) is 4. The van der Waals surface area contributed by atoms with Crippen molar-refractivity contribution in [1.29, 1.82) is 0 Å². The van der Waals surface area contributed by atoms with E-state index in [0.717, 1.165) is 0 Å². The third-order valence-electron chi connectivity index (χ3n) is 2.32. The predicted molar refractivity (Wildman–Crippen MR) is 65.7 cm³/mol. The Morgan fingerprint density at radius 3 is 3.00 bits per heavy atom. The van der Waals surface area contributed by atoms with Crippen molar-refractivity contribution in [2.45, 2.75) is 6.54 Å². The van der Waals surface area contributed by atoms with Gasteiger partial charge in [0.25, 0.3) is 5.91 Å². The zero-order chi connectivity index (χ0) is 13.0. The van der Waals surface area contributed by atoms with Gasteiger partial charge in [-0.05, 0) is 6.07 Å². The molecule has 0 atom stereocenters. The van der Waals surface area contributed by atoms with Crippen molar-refractivity contribution in [2.24, 2.45) is 5.73 Å². The molecule has 0 spiro atoms. The van der Waals surface area contributed by atoms with E-state index in [1.165, 1.54) is 12.3 Å². The second kappa shape index (κ2) is 5.13. The summed E-state index contributed by atoms with van der Waals surface area (Å²) in [4.78, 5) is 15.1. The summed E-state index contributed by atoms with van der Waals surface area (Å²) in [6, 6.07) is 1.53. The lowest BCUT2D eigenvalue weighted by Crippen LogP contribution is -2.16. The van der Waals surface area contributed by atoms with Gasteiger partial charge in [-0.3, -0.25) is 9.48 Å². The van der Waals surface area contributed by atoms with E-state index in [1.54, 1.807) is 17.1 Å². The van der Waals surface area contributed by atoms with E-state index in [-0.39, 0.29) is 11.3 Å². The van der Waals surface area contributed by atoms with E-state index in [0.29, 0.717) is 18.9 Å². The van der Waals surface area contributed by atoms with Gasteiger partial charge in [0.05, 0.1) is 30.2 Å². The fourth-order valence-corrected chi connectivity index (χ4v) is 1.43. The van der Waals surface area contributed by atoms with Gasteiger partial charge in [-0.1, -0.05) is 5.21 Å². The number of carbonyl (C=O) groups excluding carboxylic acids is 1. The van der Waals surface area contributed by atoms with E-state index in [9.17, 15) is 4.79 Å². The van der Waals surface area contributed by atoms with Crippen LogP contribution < -0.4 is 16.8 Å². The van der Waals surface area contributed by atoms with Crippen LogP contribution in [-0.4, -0.2) is 32.4 Å². The molecule has 1 amide bonds. The molecule has 8 nitrogen and oxygen atoms in total. The van der Waals surface area contributed by atoms with Gasteiger partial charge in [0.2, 0.25) is 0 Å². The number of aromatic nitrogens is 4. The summed E-state index contributed by atoms with van der Waals surface area (Å²) >= 11 is 0. The van der Waals surface area contributed by atoms with Crippen LogP contribution in [0.15, 0.2) is 24.7 Å². The van der Waals surface area contributed by atoms with Gasteiger partial charge in [-0.25, -0.2) is 4.98 Å². The molecule has 94 valence electrons. The predicted octanol–water partition coefficient (Wildman–Crippen LogP) is -0.534. The molecule has 0 unspecified atom stereocenters. The average molecular weight is 247 g/mol. The number of hydrogen-bond acceptors (Lipinski definition) is 6. The molecule has 0 saturated carbocycles. The maximum absolute atomic E-state index is 11.1. The number of rotatable bonds is 5. The molecular formula is C10H13N7O. The number of nitrogen functional groups attached to an aromatic ring is 1. The number of pyridine rings is 1. The van der Waals surface area contributed by atoms with Crippen LogP contribution in [-0.2, 0) is 6.54 Å². The van der Waals surface area contributed by atoms with Gasteiger partial charge < -0.3 is 16.8 Å². The van der Waals surface area contributed by atoms with Crippen LogP contribution in [0.2, 0.25) is 0 Å². The smallest absolute Gasteiger partial charge is 0.250 e. The fraction of sp³-hybridized carbons (Fsp3) is 0.200. The maximum atomic E-state index is 11.1. The first-order valence-corrected chi connectivity index (χ1v) is 5.30. The SMILES string of the molecule is NC(=O)c1cc(NCCn2ccnn2)ncc1N. The molecule has 2 rings (SSSR count). The quantitative estimate of drug-likeness (QED) is 0.652. The second-order valence-corrected chi connectivity index (χ2v) is 3.61. The molecule has 0 aliphatic rings. The van der Waals surface area contributed by atoms with Crippen molar-refractivity contribution in [3.8, 4) is 0 Å². The highest BCUT2D eigenvalue weighted by Gasteiger charge is 2.07. The van der Waals surface area contributed by atoms with E-state index < -0.39 is 5.91 Å². The Morgan fingerprint density at radius 1 is 1.50 bits per heavy atom. The number of nitrogens with two attached hydrogens (primary N) is 2. The Hall–Kier alpha value is -2.64. The minimum atomic E-state index is -0.575. The van der Waals surface area contributed by atoms with Gasteiger partial charge in [-0.15, -0.1) is 5.10 Å². The number of carbonyl (C=O) groups is 1. The highest BCUT2D eigenvalue weighted by molar-refractivity contribution is 5.98. The molecular weight excluding hydrogens is 234 g/mol. The molecule has 0 radical (unpaired) electrons. The second-order valence-electron chi connectivity index (χ2n) is 3.61. The molecule has 0 aromatic carbocycles. The average Bonchev–Trinajstić information content (AvgIpc) is 2.84. The molecule has 0 bridgehead atoms. The topological polar surface area (TPSA) is 125 Å². The molecule has 2 aromatic heterocycles. The molecule has 0 aliphatic carbocycles. The van der Waals surface area contributed by atoms with Crippen molar-refractivity contribution in [3.63, 3.8) is 0 Å². The Bertz CT molecular complexity index is 537. The lowest BCUT2D eigenvalue weighted by molar-refractivity contribution is 0.100. The van der Waals surface area contributed by atoms with Gasteiger partial charge in [0, 0.05) is 12.7 Å². The normalized spacial score (nSPS) is 10.2. The minimum Gasteiger partial charge on any atom is -0.397 e. The van der Waals surface area contributed by atoms with E-state index >= 15 is 0 Å². The zero-order valence-corrected chi connectivity index (χ0v) is 9.58. The molecule has 0 aliphatic heterocycles. The molecule has 2 heterocycles. The first-order valence-electron chi connectivity index (χ1n) is 5.30. The number of hydrogen-bond donors (Lipinski definition) is 3. The van der Waals surface area contributed by atoms with Crippen LogP contribution in [0.4, 0.5) is 11.5 Å². The van der Waals surface area contributed by atoms with Crippen LogP contribution in [0.3, 0.4) is 0 Å². The van der Waals surface area contributed by atoms with Crippen LogP contribution in [0.5, 0.6) is 0 Å². The van der Waals surface area contributed by atoms with Crippen molar-refractivity contribution >= 4 is 17.4 Å². The summed E-state index contributed by atoms with van der Waals surface area (Å²) in [6.45, 7) is 1.23. The van der Waals surface area contributed by atoms with E-state index in [4.69, 9.17) is 11.5 Å². The standard InChI is InChI=1S/C10H13N7O/c11-8-6-14-9(5-7(8)10(12)18)13-1-3-17-4-2-15-16-17/h2,4-6H,1,3,11H2,(H2,12,18)(H,13,14). The van der Waals surface area contributed by atoms with Crippen LogP contribution >= 0.6 is 0 Å². The molecule has 8 heteroatoms. The summed E-state index contributed by atoms with van der Waals surface area (Å²) in [7, 11) is 0. The lowest BCUT2D eigenvalue weighted by atomic mass is 10.2. The van der Waals surface area contributed by atoms with Crippen LogP contribution in [0.1, 0.15) is 10.4 Å². The van der Waals surface area contributed by atoms with E-state index in [1.807, 2.05) is 0 Å². The third-order valence-corrected chi connectivity index (χ3v) is 2.32. The van der Waals surface area contributed by atoms with Crippen molar-refractivity contribution < 1.29 is 4.79 Å². The highest BCUT2D eigenvalue weighted by atomic mass is 16.1. The summed E-state index contributed by atoms with van der Waals surface area (Å²) in [5.74, 6) is -0.0349. The van der Waals surface area contributed by atoms with Crippen molar-refractivity contribution in [3.05, 3.63) is 30.2 Å². The van der Waals surface area contributed by atoms with Crippen molar-refractivity contribution in [1.82, 2.24) is 20.0 Å². The summed E-state index contributed by atoms with van der Waals surface area (Å²) < 4.78 is 1.68. The zero-order valence-electron chi connectivity index (χ0n) is 9.58. The van der Waals surface area contributed by atoms with Crippen LogP contribution in [0.25, 0.3) is 0 Å². The Balaban J connectivity index is 1.97. The maximum Gasteiger partial charge on any atom is 0.250 e. The Morgan fingerprint density at radius 2 is 2.33 bits per heavy atom. The summed E-state index contributed by atoms with van der Waals surface area (Å²) in [6.07, 6.45) is 4.76. The lowest BCUT2D eigenvalue weighted by Gasteiger charge is -2.07. The summed E-state index contributed by atoms with van der Waals surface area (Å²) in [5.41, 5.74) is 11.3. The molecule has 0 saturated heterocycles. The Kier molecular flexibility index (Phi) is 3.37. The number of anilines is 2. The fourth-order valence-electron chi connectivity index (χ4n) is 1.43.